The molecular weight excluding hydrogens is 197 g/mol. The van der Waals surface area contributed by atoms with Crippen molar-refractivity contribution in [3.05, 3.63) is 18.2 Å². The fourth-order valence-corrected chi connectivity index (χ4v) is 1.14. The predicted octanol–water partition coefficient (Wildman–Crippen LogP) is 1.28. The van der Waals surface area contributed by atoms with E-state index in [0.717, 1.165) is 0 Å². The van der Waals surface area contributed by atoms with Crippen LogP contribution in [0.15, 0.2) is 12.4 Å². The minimum absolute atomic E-state index is 0.0803. The molecule has 0 spiro atoms. The van der Waals surface area contributed by atoms with Gasteiger partial charge >= 0.3 is 6.18 Å². The molecular formula is C8H11F3N2O. The van der Waals surface area contributed by atoms with Gasteiger partial charge in [0.25, 0.3) is 0 Å². The number of aliphatic hydroxyl groups is 1. The van der Waals surface area contributed by atoms with E-state index in [1.165, 1.54) is 6.20 Å². The number of halogens is 3. The Bertz CT molecular complexity index is 295. The zero-order valence-corrected chi connectivity index (χ0v) is 7.62. The molecule has 1 rings (SSSR count). The Hall–Kier alpha value is -1.04. The van der Waals surface area contributed by atoms with E-state index in [1.54, 1.807) is 17.8 Å². The molecule has 0 aliphatic heterocycles. The highest BCUT2D eigenvalue weighted by Crippen LogP contribution is 2.22. The highest BCUT2D eigenvalue weighted by molar-refractivity contribution is 4.93. The number of aryl methyl sites for hydroxylation is 1. The van der Waals surface area contributed by atoms with Crippen molar-refractivity contribution in [2.24, 2.45) is 7.05 Å². The Labute approximate surface area is 79.2 Å². The van der Waals surface area contributed by atoms with Crippen molar-refractivity contribution >= 4 is 0 Å². The summed E-state index contributed by atoms with van der Waals surface area (Å²) in [7, 11) is 1.67. The number of rotatable bonds is 3. The van der Waals surface area contributed by atoms with Crippen molar-refractivity contribution in [1.29, 1.82) is 0 Å². The van der Waals surface area contributed by atoms with E-state index in [2.05, 4.69) is 4.98 Å². The molecule has 1 N–H and O–H groups in total. The van der Waals surface area contributed by atoms with Crippen molar-refractivity contribution in [3.8, 4) is 0 Å². The SMILES string of the molecule is Cn1ccnc1CC(O)CC(F)(F)F. The molecule has 0 saturated carbocycles. The molecule has 14 heavy (non-hydrogen) atoms. The molecule has 0 bridgehead atoms. The van der Waals surface area contributed by atoms with Crippen molar-refractivity contribution < 1.29 is 18.3 Å². The molecule has 0 aromatic carbocycles. The molecule has 0 fully saturated rings. The van der Waals surface area contributed by atoms with Gasteiger partial charge in [-0.05, 0) is 0 Å². The topological polar surface area (TPSA) is 38.0 Å². The summed E-state index contributed by atoms with van der Waals surface area (Å²) in [6, 6.07) is 0. The summed E-state index contributed by atoms with van der Waals surface area (Å²) < 4.78 is 37.1. The molecule has 3 nitrogen and oxygen atoms in total. The summed E-state index contributed by atoms with van der Waals surface area (Å²) in [5, 5.41) is 9.11. The Kier molecular flexibility index (Phi) is 3.15. The Morgan fingerprint density at radius 2 is 2.21 bits per heavy atom. The number of aromatic nitrogens is 2. The molecule has 0 radical (unpaired) electrons. The Morgan fingerprint density at radius 1 is 1.57 bits per heavy atom. The quantitative estimate of drug-likeness (QED) is 0.812. The molecule has 0 saturated heterocycles. The average Bonchev–Trinajstić information content (AvgIpc) is 2.32. The first-order valence-electron chi connectivity index (χ1n) is 4.09. The van der Waals surface area contributed by atoms with Crippen LogP contribution in [0, 0.1) is 0 Å². The van der Waals surface area contributed by atoms with E-state index in [0.29, 0.717) is 5.82 Å². The minimum Gasteiger partial charge on any atom is -0.392 e. The number of alkyl halides is 3. The maximum atomic E-state index is 11.8. The lowest BCUT2D eigenvalue weighted by molar-refractivity contribution is -0.153. The molecule has 1 atom stereocenters. The van der Waals surface area contributed by atoms with Gasteiger partial charge < -0.3 is 9.67 Å². The lowest BCUT2D eigenvalue weighted by atomic mass is 10.2. The molecule has 1 unspecified atom stereocenters. The normalized spacial score (nSPS) is 14.4. The van der Waals surface area contributed by atoms with Crippen LogP contribution in [-0.4, -0.2) is 26.9 Å². The first kappa shape index (κ1) is 11.0. The van der Waals surface area contributed by atoms with Crippen LogP contribution < -0.4 is 0 Å². The van der Waals surface area contributed by atoms with E-state index < -0.39 is 18.7 Å². The van der Waals surface area contributed by atoms with Gasteiger partial charge in [0, 0.05) is 25.9 Å². The molecule has 1 aromatic heterocycles. The van der Waals surface area contributed by atoms with Crippen LogP contribution in [0.5, 0.6) is 0 Å². The summed E-state index contributed by atoms with van der Waals surface area (Å²) >= 11 is 0. The van der Waals surface area contributed by atoms with E-state index >= 15 is 0 Å². The van der Waals surface area contributed by atoms with E-state index in [-0.39, 0.29) is 6.42 Å². The molecule has 1 aromatic rings. The lowest BCUT2D eigenvalue weighted by Crippen LogP contribution is -2.22. The first-order chi connectivity index (χ1) is 6.38. The van der Waals surface area contributed by atoms with Crippen LogP contribution in [0.4, 0.5) is 13.2 Å². The van der Waals surface area contributed by atoms with Gasteiger partial charge in [-0.2, -0.15) is 13.2 Å². The summed E-state index contributed by atoms with van der Waals surface area (Å²) in [6.45, 7) is 0. The smallest absolute Gasteiger partial charge is 0.391 e. The summed E-state index contributed by atoms with van der Waals surface area (Å²) in [5.41, 5.74) is 0. The van der Waals surface area contributed by atoms with E-state index in [1.807, 2.05) is 0 Å². The van der Waals surface area contributed by atoms with Crippen LogP contribution in [-0.2, 0) is 13.5 Å². The zero-order chi connectivity index (χ0) is 10.8. The van der Waals surface area contributed by atoms with Crippen LogP contribution in [0.25, 0.3) is 0 Å². The zero-order valence-electron chi connectivity index (χ0n) is 7.62. The third-order valence-corrected chi connectivity index (χ3v) is 1.81. The minimum atomic E-state index is -4.33. The number of aliphatic hydroxyl groups excluding tert-OH is 1. The van der Waals surface area contributed by atoms with Crippen LogP contribution >= 0.6 is 0 Å². The van der Waals surface area contributed by atoms with Gasteiger partial charge in [-0.25, -0.2) is 4.98 Å². The monoisotopic (exact) mass is 208 g/mol. The average molecular weight is 208 g/mol. The fraction of sp³-hybridized carbons (Fsp3) is 0.625. The number of hydrogen-bond donors (Lipinski definition) is 1. The second-order valence-corrected chi connectivity index (χ2v) is 3.13. The second-order valence-electron chi connectivity index (χ2n) is 3.13. The van der Waals surface area contributed by atoms with Gasteiger partial charge in [-0.1, -0.05) is 0 Å². The summed E-state index contributed by atoms with van der Waals surface area (Å²) in [6.07, 6.45) is -3.92. The predicted molar refractivity (Wildman–Crippen MR) is 43.6 cm³/mol. The van der Waals surface area contributed by atoms with E-state index in [9.17, 15) is 13.2 Å². The molecule has 0 aliphatic rings. The fourth-order valence-electron chi connectivity index (χ4n) is 1.14. The maximum absolute atomic E-state index is 11.8. The van der Waals surface area contributed by atoms with Crippen molar-refractivity contribution in [2.75, 3.05) is 0 Å². The number of hydrogen-bond acceptors (Lipinski definition) is 2. The summed E-state index contributed by atoms with van der Waals surface area (Å²) in [5.74, 6) is 0.446. The highest BCUT2D eigenvalue weighted by Gasteiger charge is 2.31. The Morgan fingerprint density at radius 3 is 2.64 bits per heavy atom. The second kappa shape index (κ2) is 4.00. The van der Waals surface area contributed by atoms with Crippen molar-refractivity contribution in [1.82, 2.24) is 9.55 Å². The van der Waals surface area contributed by atoms with Crippen LogP contribution in [0.3, 0.4) is 0 Å². The van der Waals surface area contributed by atoms with Gasteiger partial charge in [0.15, 0.2) is 0 Å². The number of imidazole rings is 1. The lowest BCUT2D eigenvalue weighted by Gasteiger charge is -2.12. The van der Waals surface area contributed by atoms with Crippen LogP contribution in [0.1, 0.15) is 12.2 Å². The maximum Gasteiger partial charge on any atom is 0.391 e. The van der Waals surface area contributed by atoms with Crippen molar-refractivity contribution in [3.63, 3.8) is 0 Å². The molecule has 6 heteroatoms. The van der Waals surface area contributed by atoms with Crippen molar-refractivity contribution in [2.45, 2.75) is 25.1 Å². The third kappa shape index (κ3) is 3.37. The first-order valence-corrected chi connectivity index (χ1v) is 4.09. The molecule has 80 valence electrons. The highest BCUT2D eigenvalue weighted by atomic mass is 19.4. The number of nitrogens with zero attached hydrogens (tertiary/aromatic N) is 2. The Balaban J connectivity index is 2.50. The molecule has 1 heterocycles. The summed E-state index contributed by atoms with van der Waals surface area (Å²) in [4.78, 5) is 3.82. The van der Waals surface area contributed by atoms with E-state index in [4.69, 9.17) is 5.11 Å². The largest absolute Gasteiger partial charge is 0.392 e. The van der Waals surface area contributed by atoms with Gasteiger partial charge in [-0.3, -0.25) is 0 Å². The molecule has 0 amide bonds. The third-order valence-electron chi connectivity index (χ3n) is 1.81. The van der Waals surface area contributed by atoms with Gasteiger partial charge in [0.2, 0.25) is 0 Å². The molecule has 0 aliphatic carbocycles. The van der Waals surface area contributed by atoms with Gasteiger partial charge in [0.05, 0.1) is 12.5 Å². The standard InChI is InChI=1S/C8H11F3N2O/c1-13-3-2-12-7(13)4-6(14)5-8(9,10)11/h2-3,6,14H,4-5H2,1H3. The van der Waals surface area contributed by atoms with Crippen LogP contribution in [0.2, 0.25) is 0 Å². The van der Waals surface area contributed by atoms with Gasteiger partial charge in [0.1, 0.15) is 5.82 Å². The van der Waals surface area contributed by atoms with Gasteiger partial charge in [-0.15, -0.1) is 0 Å².